The van der Waals surface area contributed by atoms with Crippen LogP contribution in [0.25, 0.3) is 11.2 Å². The van der Waals surface area contributed by atoms with E-state index in [9.17, 15) is 0 Å². The Hall–Kier alpha value is -2.67. The monoisotopic (exact) mass is 322 g/mol. The topological polar surface area (TPSA) is 73.2 Å². The molecule has 1 radical (unpaired) electrons. The first-order chi connectivity index (χ1) is 11.1. The van der Waals surface area contributed by atoms with Crippen LogP contribution in [-0.2, 0) is 0 Å². The molecule has 2 aromatic heterocycles. The Bertz CT molecular complexity index is 866. The first-order valence-electron chi connectivity index (χ1n) is 7.19. The van der Waals surface area contributed by atoms with Crippen LogP contribution in [0.5, 0.6) is 5.75 Å². The van der Waals surface area contributed by atoms with Crippen molar-refractivity contribution in [1.82, 2.24) is 19.9 Å². The van der Waals surface area contributed by atoms with Gasteiger partial charge in [-0.25, -0.2) is 24.9 Å². The van der Waals surface area contributed by atoms with Crippen LogP contribution >= 0.6 is 0 Å². The first-order valence-corrected chi connectivity index (χ1v) is 9.60. The minimum Gasteiger partial charge on any atom is -0.541 e. The molecule has 3 aromatic rings. The van der Waals surface area contributed by atoms with E-state index in [0.29, 0.717) is 17.0 Å². The number of aromatic nitrogens is 4. The normalized spacial score (nSPS) is 11.5. The Kier molecular flexibility index (Phi) is 4.38. The van der Waals surface area contributed by atoms with Crippen molar-refractivity contribution in [2.24, 2.45) is 4.99 Å². The fourth-order valence-corrected chi connectivity index (χ4v) is 2.72. The molecule has 0 amide bonds. The zero-order valence-corrected chi connectivity index (χ0v) is 14.2. The third-order valence-corrected chi connectivity index (χ3v) is 3.67. The molecular weight excluding hydrogens is 306 g/mol. The fraction of sp³-hybridized carbons (Fsp3) is 0.188. The average Bonchev–Trinajstić information content (AvgIpc) is 2.55. The zero-order valence-electron chi connectivity index (χ0n) is 13.2. The molecule has 0 N–H and O–H groups in total. The first kappa shape index (κ1) is 15.2. The number of hydrogen-bond donors (Lipinski definition) is 0. The molecule has 115 valence electrons. The van der Waals surface area contributed by atoms with Crippen molar-refractivity contribution < 1.29 is 4.43 Å². The Morgan fingerprint density at radius 3 is 2.78 bits per heavy atom. The number of fused-ring (bicyclic) bond motifs is 1. The quantitative estimate of drug-likeness (QED) is 0.545. The highest BCUT2D eigenvalue weighted by Gasteiger charge is 2.09. The molecule has 0 fully saturated rings. The highest BCUT2D eigenvalue weighted by Crippen LogP contribution is 2.31. The van der Waals surface area contributed by atoms with Gasteiger partial charge in [0, 0.05) is 12.4 Å². The SMILES string of the molecule is Cc1cccc(N=Cc2ncc3nccnc3n2)c1O[Si](C)C. The predicted molar refractivity (Wildman–Crippen MR) is 91.7 cm³/mol. The van der Waals surface area contributed by atoms with Gasteiger partial charge >= 0.3 is 0 Å². The Balaban J connectivity index is 1.93. The molecule has 23 heavy (non-hydrogen) atoms. The van der Waals surface area contributed by atoms with E-state index in [0.717, 1.165) is 17.0 Å². The summed E-state index contributed by atoms with van der Waals surface area (Å²) in [6.07, 6.45) is 6.48. The van der Waals surface area contributed by atoms with E-state index >= 15 is 0 Å². The molecular formula is C16H16N5OSi. The average molecular weight is 322 g/mol. The third-order valence-electron chi connectivity index (χ3n) is 3.06. The van der Waals surface area contributed by atoms with Gasteiger partial charge in [0.2, 0.25) is 0 Å². The van der Waals surface area contributed by atoms with Gasteiger partial charge in [-0.2, -0.15) is 0 Å². The molecule has 0 bridgehead atoms. The summed E-state index contributed by atoms with van der Waals surface area (Å²) in [5, 5.41) is 0. The largest absolute Gasteiger partial charge is 0.541 e. The molecule has 6 nitrogen and oxygen atoms in total. The molecule has 0 unspecified atom stereocenters. The lowest BCUT2D eigenvalue weighted by atomic mass is 10.2. The van der Waals surface area contributed by atoms with E-state index in [1.165, 1.54) is 0 Å². The van der Waals surface area contributed by atoms with Crippen LogP contribution in [0.1, 0.15) is 11.4 Å². The van der Waals surface area contributed by atoms with E-state index in [-0.39, 0.29) is 0 Å². The fourth-order valence-electron chi connectivity index (χ4n) is 2.05. The minimum absolute atomic E-state index is 0.490. The van der Waals surface area contributed by atoms with E-state index in [1.54, 1.807) is 24.8 Å². The maximum absolute atomic E-state index is 5.96. The lowest BCUT2D eigenvalue weighted by Crippen LogP contribution is -2.12. The highest BCUT2D eigenvalue weighted by molar-refractivity contribution is 6.49. The molecule has 7 heteroatoms. The second-order valence-electron chi connectivity index (χ2n) is 5.19. The summed E-state index contributed by atoms with van der Waals surface area (Å²) in [7, 11) is -0.865. The van der Waals surface area contributed by atoms with Crippen LogP contribution in [0.15, 0.2) is 41.8 Å². The molecule has 1 aromatic carbocycles. The van der Waals surface area contributed by atoms with Gasteiger partial charge in [-0.15, -0.1) is 0 Å². The maximum Gasteiger partial charge on any atom is 0.274 e. The van der Waals surface area contributed by atoms with Gasteiger partial charge in [-0.3, -0.25) is 0 Å². The van der Waals surface area contributed by atoms with Crippen LogP contribution in [0.3, 0.4) is 0 Å². The van der Waals surface area contributed by atoms with Crippen LogP contribution in [0.4, 0.5) is 5.69 Å². The molecule has 2 heterocycles. The molecule has 0 aliphatic rings. The summed E-state index contributed by atoms with van der Waals surface area (Å²) < 4.78 is 5.96. The highest BCUT2D eigenvalue weighted by atomic mass is 28.3. The smallest absolute Gasteiger partial charge is 0.274 e. The molecule has 0 saturated carbocycles. The molecule has 3 rings (SSSR count). The number of hydrogen-bond acceptors (Lipinski definition) is 6. The van der Waals surface area contributed by atoms with Crippen molar-refractivity contribution in [2.45, 2.75) is 20.0 Å². The van der Waals surface area contributed by atoms with Crippen molar-refractivity contribution in [3.05, 3.63) is 48.2 Å². The van der Waals surface area contributed by atoms with Crippen LogP contribution in [-0.4, -0.2) is 35.2 Å². The molecule has 0 aliphatic heterocycles. The van der Waals surface area contributed by atoms with Crippen LogP contribution in [0, 0.1) is 6.92 Å². The summed E-state index contributed by atoms with van der Waals surface area (Å²) in [4.78, 5) is 21.4. The van der Waals surface area contributed by atoms with Gasteiger partial charge in [-0.05, 0) is 31.6 Å². The van der Waals surface area contributed by atoms with Crippen molar-refractivity contribution in [3.8, 4) is 5.75 Å². The van der Waals surface area contributed by atoms with E-state index in [2.05, 4.69) is 38.0 Å². The number of rotatable bonds is 4. The van der Waals surface area contributed by atoms with Gasteiger partial charge in [0.15, 0.2) is 11.5 Å². The number of aliphatic imine (C=N–C) groups is 1. The van der Waals surface area contributed by atoms with Gasteiger partial charge < -0.3 is 4.43 Å². The lowest BCUT2D eigenvalue weighted by Gasteiger charge is -2.13. The van der Waals surface area contributed by atoms with E-state index in [1.807, 2.05) is 25.1 Å². The standard InChI is InChI=1S/C16H16N5OSi/c1-11-5-4-6-12(15(11)22-23(2)3)19-10-14-20-9-13-16(21-14)18-8-7-17-13/h4-10H,1-3H3. The van der Waals surface area contributed by atoms with Gasteiger partial charge in [0.1, 0.15) is 17.0 Å². The maximum atomic E-state index is 5.96. The Labute approximate surface area is 136 Å². The van der Waals surface area contributed by atoms with Crippen LogP contribution in [0.2, 0.25) is 13.1 Å². The second-order valence-corrected chi connectivity index (χ2v) is 7.21. The third kappa shape index (κ3) is 3.57. The minimum atomic E-state index is -0.865. The van der Waals surface area contributed by atoms with Crippen molar-refractivity contribution >= 4 is 32.1 Å². The summed E-state index contributed by atoms with van der Waals surface area (Å²) in [6.45, 7) is 6.20. The second kappa shape index (κ2) is 6.61. The van der Waals surface area contributed by atoms with E-state index < -0.39 is 9.04 Å². The number of aryl methyl sites for hydroxylation is 1. The van der Waals surface area contributed by atoms with Gasteiger partial charge in [0.25, 0.3) is 9.04 Å². The Morgan fingerprint density at radius 2 is 1.96 bits per heavy atom. The molecule has 0 spiro atoms. The van der Waals surface area contributed by atoms with E-state index in [4.69, 9.17) is 4.43 Å². The molecule has 0 aliphatic carbocycles. The van der Waals surface area contributed by atoms with Gasteiger partial charge in [0.05, 0.1) is 12.4 Å². The van der Waals surface area contributed by atoms with Crippen molar-refractivity contribution in [3.63, 3.8) is 0 Å². The van der Waals surface area contributed by atoms with Crippen molar-refractivity contribution in [2.75, 3.05) is 0 Å². The lowest BCUT2D eigenvalue weighted by molar-refractivity contribution is 0.577. The number of para-hydroxylation sites is 1. The molecule has 0 atom stereocenters. The number of benzene rings is 1. The summed E-state index contributed by atoms with van der Waals surface area (Å²) in [5.74, 6) is 1.31. The summed E-state index contributed by atoms with van der Waals surface area (Å²) in [6, 6.07) is 5.89. The van der Waals surface area contributed by atoms with Crippen molar-refractivity contribution in [1.29, 1.82) is 0 Å². The summed E-state index contributed by atoms with van der Waals surface area (Å²) in [5.41, 5.74) is 3.06. The van der Waals surface area contributed by atoms with Gasteiger partial charge in [-0.1, -0.05) is 12.1 Å². The Morgan fingerprint density at radius 1 is 1.13 bits per heavy atom. The number of nitrogens with zero attached hydrogens (tertiary/aromatic N) is 5. The summed E-state index contributed by atoms with van der Waals surface area (Å²) >= 11 is 0. The van der Waals surface area contributed by atoms with Crippen LogP contribution < -0.4 is 4.43 Å². The molecule has 0 saturated heterocycles. The zero-order chi connectivity index (χ0) is 16.2. The predicted octanol–water partition coefficient (Wildman–Crippen LogP) is 3.11.